The van der Waals surface area contributed by atoms with Gasteiger partial charge in [0.05, 0.1) is 12.1 Å². The highest BCUT2D eigenvalue weighted by atomic mass is 32.1. The molecule has 24 heavy (non-hydrogen) atoms. The van der Waals surface area contributed by atoms with E-state index in [4.69, 9.17) is 4.74 Å². The van der Waals surface area contributed by atoms with Gasteiger partial charge in [-0.1, -0.05) is 25.1 Å². The molecule has 1 aromatic carbocycles. The number of hydrogen-bond acceptors (Lipinski definition) is 4. The summed E-state index contributed by atoms with van der Waals surface area (Å²) < 4.78 is 5.64. The highest BCUT2D eigenvalue weighted by molar-refractivity contribution is 7.10. The smallest absolute Gasteiger partial charge is 0.261 e. The zero-order valence-corrected chi connectivity index (χ0v) is 14.7. The van der Waals surface area contributed by atoms with Crippen LogP contribution >= 0.6 is 11.3 Å². The van der Waals surface area contributed by atoms with E-state index in [0.29, 0.717) is 12.2 Å². The van der Waals surface area contributed by atoms with Crippen molar-refractivity contribution in [2.24, 2.45) is 0 Å². The van der Waals surface area contributed by atoms with Crippen LogP contribution in [0.3, 0.4) is 0 Å². The predicted octanol–water partition coefficient (Wildman–Crippen LogP) is 3.93. The van der Waals surface area contributed by atoms with E-state index in [2.05, 4.69) is 11.4 Å². The molecule has 0 bridgehead atoms. The van der Waals surface area contributed by atoms with Gasteiger partial charge in [0.15, 0.2) is 6.61 Å². The molecule has 1 amide bonds. The summed E-state index contributed by atoms with van der Waals surface area (Å²) in [5.41, 5.74) is 0.869. The monoisotopic (exact) mass is 345 g/mol. The number of benzene rings is 1. The lowest BCUT2D eigenvalue weighted by Gasteiger charge is -2.24. The Balaban J connectivity index is 1.57. The fraction of sp³-hybridized carbons (Fsp3) is 0.421. The van der Waals surface area contributed by atoms with Crippen molar-refractivity contribution >= 4 is 17.2 Å². The number of nitrogens with zero attached hydrogens (tertiary/aromatic N) is 1. The first-order valence-electron chi connectivity index (χ1n) is 8.42. The van der Waals surface area contributed by atoms with E-state index in [1.807, 2.05) is 42.2 Å². The Kier molecular flexibility index (Phi) is 5.53. The lowest BCUT2D eigenvalue weighted by Crippen LogP contribution is -2.34. The number of aliphatic hydroxyl groups excluding tert-OH is 1. The number of hydrogen-bond donors (Lipinski definition) is 1. The third-order valence-electron chi connectivity index (χ3n) is 4.46. The van der Waals surface area contributed by atoms with E-state index in [0.717, 1.165) is 24.9 Å². The molecular formula is C19H23NO3S. The van der Waals surface area contributed by atoms with Crippen LogP contribution in [0.25, 0.3) is 0 Å². The van der Waals surface area contributed by atoms with Crippen molar-refractivity contribution in [2.75, 3.05) is 13.2 Å². The number of amides is 1. The molecule has 0 saturated carbocycles. The second-order valence-electron chi connectivity index (χ2n) is 6.04. The Morgan fingerprint density at radius 3 is 2.83 bits per heavy atom. The fourth-order valence-corrected chi connectivity index (χ4v) is 3.97. The van der Waals surface area contributed by atoms with Crippen molar-refractivity contribution in [2.45, 2.75) is 38.3 Å². The number of ether oxygens (including phenoxy) is 1. The van der Waals surface area contributed by atoms with Gasteiger partial charge in [0.2, 0.25) is 0 Å². The zero-order valence-electron chi connectivity index (χ0n) is 13.9. The molecule has 0 aliphatic carbocycles. The molecule has 1 N–H and O–H groups in total. The molecule has 4 nitrogen and oxygen atoms in total. The maximum atomic E-state index is 12.5. The molecule has 3 rings (SSSR count). The maximum Gasteiger partial charge on any atom is 0.261 e. The SMILES string of the molecule is CCC(O)c1ccc(OCC(=O)N2CCCC2c2cccs2)cc1. The molecule has 5 heteroatoms. The Hall–Kier alpha value is -1.85. The third-order valence-corrected chi connectivity index (χ3v) is 5.43. The van der Waals surface area contributed by atoms with E-state index in [9.17, 15) is 9.90 Å². The molecule has 0 radical (unpaired) electrons. The molecule has 1 aliphatic heterocycles. The lowest BCUT2D eigenvalue weighted by molar-refractivity contribution is -0.134. The quantitative estimate of drug-likeness (QED) is 0.863. The number of carbonyl (C=O) groups excluding carboxylic acids is 1. The van der Waals surface area contributed by atoms with Crippen molar-refractivity contribution in [3.63, 3.8) is 0 Å². The second-order valence-corrected chi connectivity index (χ2v) is 7.02. The van der Waals surface area contributed by atoms with Crippen LogP contribution in [0.15, 0.2) is 41.8 Å². The Morgan fingerprint density at radius 2 is 2.17 bits per heavy atom. The average Bonchev–Trinajstić information content (AvgIpc) is 3.30. The van der Waals surface area contributed by atoms with E-state index in [1.165, 1.54) is 4.88 Å². The van der Waals surface area contributed by atoms with Crippen LogP contribution in [0.4, 0.5) is 0 Å². The van der Waals surface area contributed by atoms with Crippen LogP contribution in [0, 0.1) is 0 Å². The van der Waals surface area contributed by atoms with Crippen LogP contribution in [-0.2, 0) is 4.79 Å². The molecular weight excluding hydrogens is 322 g/mol. The second kappa shape index (κ2) is 7.81. The lowest BCUT2D eigenvalue weighted by atomic mass is 10.1. The van der Waals surface area contributed by atoms with Crippen LogP contribution in [0.1, 0.15) is 48.8 Å². The Bertz CT molecular complexity index is 654. The van der Waals surface area contributed by atoms with E-state index < -0.39 is 6.10 Å². The number of aliphatic hydroxyl groups is 1. The van der Waals surface area contributed by atoms with Gasteiger partial charge in [0, 0.05) is 11.4 Å². The molecule has 1 aromatic heterocycles. The summed E-state index contributed by atoms with van der Waals surface area (Å²) in [6.45, 7) is 2.79. The Morgan fingerprint density at radius 1 is 1.38 bits per heavy atom. The highest BCUT2D eigenvalue weighted by Crippen LogP contribution is 2.34. The number of thiophene rings is 1. The van der Waals surface area contributed by atoms with Gasteiger partial charge in [0.25, 0.3) is 5.91 Å². The van der Waals surface area contributed by atoms with Crippen LogP contribution in [0.5, 0.6) is 5.75 Å². The first-order chi connectivity index (χ1) is 11.7. The van der Waals surface area contributed by atoms with Gasteiger partial charge in [-0.2, -0.15) is 0 Å². The summed E-state index contributed by atoms with van der Waals surface area (Å²) in [6.07, 6.45) is 2.29. The summed E-state index contributed by atoms with van der Waals surface area (Å²) in [7, 11) is 0. The largest absolute Gasteiger partial charge is 0.484 e. The molecule has 1 aliphatic rings. The van der Waals surface area contributed by atoms with Gasteiger partial charge < -0.3 is 14.7 Å². The summed E-state index contributed by atoms with van der Waals surface area (Å²) in [5.74, 6) is 0.686. The molecule has 2 heterocycles. The fourth-order valence-electron chi connectivity index (χ4n) is 3.09. The van der Waals surface area contributed by atoms with Crippen LogP contribution in [-0.4, -0.2) is 29.1 Å². The first-order valence-corrected chi connectivity index (χ1v) is 9.30. The minimum atomic E-state index is -0.447. The van der Waals surface area contributed by atoms with Crippen molar-refractivity contribution in [1.82, 2.24) is 4.90 Å². The third kappa shape index (κ3) is 3.79. The molecule has 2 aromatic rings. The molecule has 0 spiro atoms. The van der Waals surface area contributed by atoms with E-state index >= 15 is 0 Å². The average molecular weight is 345 g/mol. The summed E-state index contributed by atoms with van der Waals surface area (Å²) in [4.78, 5) is 15.7. The van der Waals surface area contributed by atoms with Crippen LogP contribution in [0.2, 0.25) is 0 Å². The summed E-state index contributed by atoms with van der Waals surface area (Å²) in [6, 6.07) is 11.6. The number of rotatable bonds is 6. The van der Waals surface area contributed by atoms with Crippen LogP contribution < -0.4 is 4.74 Å². The van der Waals surface area contributed by atoms with Gasteiger partial charge in [-0.15, -0.1) is 11.3 Å². The number of carbonyl (C=O) groups is 1. The van der Waals surface area contributed by atoms with E-state index in [-0.39, 0.29) is 18.6 Å². The van der Waals surface area contributed by atoms with E-state index in [1.54, 1.807) is 11.3 Å². The summed E-state index contributed by atoms with van der Waals surface area (Å²) >= 11 is 1.70. The molecule has 1 saturated heterocycles. The predicted molar refractivity (Wildman–Crippen MR) is 95.2 cm³/mol. The standard InChI is InChI=1S/C19H23NO3S/c1-2-17(21)14-7-9-15(10-8-14)23-13-19(22)20-11-3-5-16(20)18-6-4-12-24-18/h4,6-10,12,16-17,21H,2-3,5,11,13H2,1H3. The maximum absolute atomic E-state index is 12.5. The minimum absolute atomic E-state index is 0.0311. The van der Waals surface area contributed by atoms with Gasteiger partial charge in [-0.3, -0.25) is 4.79 Å². The normalized spacial score (nSPS) is 18.6. The van der Waals surface area contributed by atoms with Crippen molar-refractivity contribution in [3.05, 3.63) is 52.2 Å². The van der Waals surface area contributed by atoms with Gasteiger partial charge in [-0.25, -0.2) is 0 Å². The minimum Gasteiger partial charge on any atom is -0.484 e. The summed E-state index contributed by atoms with van der Waals surface area (Å²) in [5, 5.41) is 11.9. The van der Waals surface area contributed by atoms with Gasteiger partial charge in [-0.05, 0) is 48.4 Å². The van der Waals surface area contributed by atoms with Crippen molar-refractivity contribution < 1.29 is 14.6 Å². The molecule has 128 valence electrons. The molecule has 2 atom stereocenters. The Labute approximate surface area is 146 Å². The zero-order chi connectivity index (χ0) is 16.9. The van der Waals surface area contributed by atoms with Gasteiger partial charge >= 0.3 is 0 Å². The topological polar surface area (TPSA) is 49.8 Å². The van der Waals surface area contributed by atoms with Crippen molar-refractivity contribution in [1.29, 1.82) is 0 Å². The molecule has 1 fully saturated rings. The number of likely N-dealkylation sites (tertiary alicyclic amines) is 1. The molecule has 2 unspecified atom stereocenters. The van der Waals surface area contributed by atoms with Crippen molar-refractivity contribution in [3.8, 4) is 5.75 Å². The van der Waals surface area contributed by atoms with Gasteiger partial charge in [0.1, 0.15) is 5.75 Å². The first kappa shape index (κ1) is 17.0. The highest BCUT2D eigenvalue weighted by Gasteiger charge is 2.30.